The summed E-state index contributed by atoms with van der Waals surface area (Å²) < 4.78 is 61.4. The predicted octanol–water partition coefficient (Wildman–Crippen LogP) is 3.55. The second-order valence-electron chi connectivity index (χ2n) is 11.8. The maximum atomic E-state index is 13.8. The number of ether oxygens (including phenoxy) is 1. The molecule has 14 heteroatoms. The topological polar surface area (TPSA) is 123 Å². The van der Waals surface area contributed by atoms with Crippen molar-refractivity contribution in [2.75, 3.05) is 24.2 Å². The first-order valence-electron chi connectivity index (χ1n) is 14.4. The van der Waals surface area contributed by atoms with Crippen molar-refractivity contribution in [1.29, 1.82) is 0 Å². The SMILES string of the molecule is COc1cc(C(=O)NC2C3CCCNC32)cc2nc(-c3cc4ccc(N(C(F)F)S(C)(=O)=O)nc4n3CC3CC3)c(C)n12. The number of carbonyl (C=O) groups is 1. The van der Waals surface area contributed by atoms with Crippen molar-refractivity contribution in [3.63, 3.8) is 0 Å². The van der Waals surface area contributed by atoms with Gasteiger partial charge in [-0.25, -0.2) is 18.4 Å². The minimum atomic E-state index is -4.26. The van der Waals surface area contributed by atoms with Crippen molar-refractivity contribution < 1.29 is 26.7 Å². The van der Waals surface area contributed by atoms with E-state index in [1.54, 1.807) is 25.3 Å². The van der Waals surface area contributed by atoms with Crippen LogP contribution in [0.1, 0.15) is 41.7 Å². The van der Waals surface area contributed by atoms with Crippen LogP contribution in [0.25, 0.3) is 28.1 Å². The number of rotatable bonds is 9. The lowest BCUT2D eigenvalue weighted by Crippen LogP contribution is -2.35. The molecule has 3 aliphatic rings. The van der Waals surface area contributed by atoms with Crippen LogP contribution >= 0.6 is 0 Å². The Labute approximate surface area is 247 Å². The molecule has 2 saturated carbocycles. The molecule has 0 spiro atoms. The molecule has 2 N–H and O–H groups in total. The van der Waals surface area contributed by atoms with Gasteiger partial charge in [0.25, 0.3) is 5.91 Å². The molecule has 3 unspecified atom stereocenters. The van der Waals surface area contributed by atoms with Gasteiger partial charge < -0.3 is 19.9 Å². The van der Waals surface area contributed by atoms with E-state index < -0.39 is 16.6 Å². The second-order valence-corrected chi connectivity index (χ2v) is 13.7. The summed E-state index contributed by atoms with van der Waals surface area (Å²) in [5.41, 5.74) is 3.49. The molecule has 1 aliphatic heterocycles. The van der Waals surface area contributed by atoms with Crippen molar-refractivity contribution in [3.8, 4) is 17.3 Å². The lowest BCUT2D eigenvalue weighted by Gasteiger charge is -2.20. The minimum Gasteiger partial charge on any atom is -0.482 e. The van der Waals surface area contributed by atoms with Gasteiger partial charge in [0, 0.05) is 35.6 Å². The number of aryl methyl sites for hydroxylation is 1. The molecule has 4 aromatic rings. The molecule has 5 heterocycles. The van der Waals surface area contributed by atoms with Gasteiger partial charge in [0.2, 0.25) is 10.0 Å². The molecule has 4 aromatic heterocycles. The summed E-state index contributed by atoms with van der Waals surface area (Å²) in [5.74, 6) is 0.788. The Hall–Kier alpha value is -3.78. The summed E-state index contributed by atoms with van der Waals surface area (Å²) >= 11 is 0. The number of aromatic nitrogens is 4. The maximum Gasteiger partial charge on any atom is 0.329 e. The summed E-state index contributed by atoms with van der Waals surface area (Å²) in [6.45, 7) is 0.183. The van der Waals surface area contributed by atoms with Crippen LogP contribution in [-0.4, -0.2) is 71.8 Å². The molecule has 7 rings (SSSR count). The molecule has 11 nitrogen and oxygen atoms in total. The van der Waals surface area contributed by atoms with E-state index in [-0.39, 0.29) is 22.1 Å². The molecule has 0 radical (unpaired) electrons. The second kappa shape index (κ2) is 10.2. The third-order valence-electron chi connectivity index (χ3n) is 8.82. The average Bonchev–Trinajstić information content (AvgIpc) is 3.85. The van der Waals surface area contributed by atoms with Crippen LogP contribution < -0.4 is 19.7 Å². The highest BCUT2D eigenvalue weighted by molar-refractivity contribution is 7.92. The standard InChI is InChI=1S/C29H33F2N7O4S/c1-15-24(33-22-12-18(13-23(42-2)37(15)22)28(39)35-26-19-5-4-10-32-25(19)26)20-11-17-8-9-21(38(29(30)31)43(3,40)41)34-27(17)36(20)14-16-6-7-16/h8-9,11-13,16,19,25-26,29,32H,4-7,10,14H2,1-3H3,(H,35,39). The predicted molar refractivity (Wildman–Crippen MR) is 157 cm³/mol. The van der Waals surface area contributed by atoms with E-state index in [1.807, 2.05) is 22.0 Å². The van der Waals surface area contributed by atoms with Crippen LogP contribution in [0, 0.1) is 18.8 Å². The van der Waals surface area contributed by atoms with E-state index in [9.17, 15) is 22.0 Å². The van der Waals surface area contributed by atoms with Crippen molar-refractivity contribution in [3.05, 3.63) is 41.6 Å². The van der Waals surface area contributed by atoms with Crippen LogP contribution in [0.5, 0.6) is 5.88 Å². The van der Waals surface area contributed by atoms with Crippen LogP contribution in [0.2, 0.25) is 0 Å². The average molecular weight is 614 g/mol. The third-order valence-corrected chi connectivity index (χ3v) is 9.88. The summed E-state index contributed by atoms with van der Waals surface area (Å²) in [5, 5.41) is 7.30. The number of alkyl halides is 2. The zero-order chi connectivity index (χ0) is 30.2. The van der Waals surface area contributed by atoms with Gasteiger partial charge in [-0.15, -0.1) is 0 Å². The number of imidazole rings is 1. The van der Waals surface area contributed by atoms with Crippen molar-refractivity contribution >= 4 is 38.4 Å². The fraction of sp³-hybridized carbons (Fsp3) is 0.483. The summed E-state index contributed by atoms with van der Waals surface area (Å²) in [7, 11) is -2.72. The number of sulfonamides is 1. The summed E-state index contributed by atoms with van der Waals surface area (Å²) in [6.07, 6.45) is 5.00. The number of halogens is 2. The van der Waals surface area contributed by atoms with Crippen molar-refractivity contribution in [1.82, 2.24) is 29.6 Å². The summed E-state index contributed by atoms with van der Waals surface area (Å²) in [4.78, 5) is 22.6. The lowest BCUT2D eigenvalue weighted by atomic mass is 10.1. The number of hydrogen-bond acceptors (Lipinski definition) is 7. The third kappa shape index (κ3) is 4.89. The molecule has 1 saturated heterocycles. The van der Waals surface area contributed by atoms with Gasteiger partial charge in [0.15, 0.2) is 5.88 Å². The Kier molecular flexibility index (Phi) is 6.61. The maximum absolute atomic E-state index is 13.8. The highest BCUT2D eigenvalue weighted by Gasteiger charge is 2.51. The Morgan fingerprint density at radius 2 is 2.00 bits per heavy atom. The number of fused-ring (bicyclic) bond motifs is 3. The van der Waals surface area contributed by atoms with Crippen molar-refractivity contribution in [2.24, 2.45) is 11.8 Å². The number of nitrogens with one attached hydrogen (secondary N) is 2. The Balaban J connectivity index is 1.31. The fourth-order valence-electron chi connectivity index (χ4n) is 6.44. The normalized spacial score (nSPS) is 21.8. The van der Waals surface area contributed by atoms with Gasteiger partial charge in [-0.2, -0.15) is 13.1 Å². The Bertz CT molecular complexity index is 1860. The van der Waals surface area contributed by atoms with E-state index in [1.165, 1.54) is 6.07 Å². The first-order chi connectivity index (χ1) is 20.5. The minimum absolute atomic E-state index is 0.0286. The molecule has 228 valence electrons. The van der Waals surface area contributed by atoms with Gasteiger partial charge in [-0.3, -0.25) is 9.20 Å². The number of hydrogen-bond donors (Lipinski definition) is 2. The first-order valence-corrected chi connectivity index (χ1v) is 16.3. The van der Waals surface area contributed by atoms with Crippen LogP contribution in [0.15, 0.2) is 30.3 Å². The van der Waals surface area contributed by atoms with E-state index in [2.05, 4.69) is 15.6 Å². The first kappa shape index (κ1) is 28.0. The van der Waals surface area contributed by atoms with Crippen LogP contribution in [0.4, 0.5) is 14.6 Å². The van der Waals surface area contributed by atoms with Crippen LogP contribution in [-0.2, 0) is 16.6 Å². The van der Waals surface area contributed by atoms with E-state index in [4.69, 9.17) is 9.72 Å². The number of anilines is 1. The molecule has 0 aromatic carbocycles. The van der Waals surface area contributed by atoms with Crippen molar-refractivity contribution in [2.45, 2.75) is 57.8 Å². The van der Waals surface area contributed by atoms with Gasteiger partial charge in [0.1, 0.15) is 22.8 Å². The molecule has 1 amide bonds. The quantitative estimate of drug-likeness (QED) is 0.277. The molecule has 43 heavy (non-hydrogen) atoms. The number of methoxy groups -OCH3 is 1. The smallest absolute Gasteiger partial charge is 0.329 e. The van der Waals surface area contributed by atoms with E-state index in [0.717, 1.165) is 49.9 Å². The van der Waals surface area contributed by atoms with Crippen LogP contribution in [0.3, 0.4) is 0 Å². The van der Waals surface area contributed by atoms with Gasteiger partial charge in [-0.05, 0) is 75.3 Å². The highest BCUT2D eigenvalue weighted by atomic mass is 32.2. The molecular weight excluding hydrogens is 580 g/mol. The Morgan fingerprint density at radius 1 is 1.21 bits per heavy atom. The lowest BCUT2D eigenvalue weighted by molar-refractivity contribution is 0.0947. The molecule has 3 atom stereocenters. The zero-order valence-corrected chi connectivity index (χ0v) is 24.9. The highest BCUT2D eigenvalue weighted by Crippen LogP contribution is 2.39. The monoisotopic (exact) mass is 613 g/mol. The fourth-order valence-corrected chi connectivity index (χ4v) is 7.18. The molecule has 3 fully saturated rings. The van der Waals surface area contributed by atoms with E-state index >= 15 is 0 Å². The molecule has 0 bridgehead atoms. The largest absolute Gasteiger partial charge is 0.482 e. The van der Waals surface area contributed by atoms with E-state index in [0.29, 0.717) is 58.2 Å². The number of amides is 1. The van der Waals surface area contributed by atoms with Gasteiger partial charge >= 0.3 is 6.55 Å². The number of pyridine rings is 2. The number of piperidine rings is 1. The zero-order valence-electron chi connectivity index (χ0n) is 24.0. The molecule has 2 aliphatic carbocycles. The van der Waals surface area contributed by atoms with Gasteiger partial charge in [0.05, 0.1) is 24.8 Å². The molecular formula is C29H33F2N7O4S. The Morgan fingerprint density at radius 3 is 2.65 bits per heavy atom. The number of nitrogens with zero attached hydrogens (tertiary/aromatic N) is 5. The van der Waals surface area contributed by atoms with Gasteiger partial charge in [-0.1, -0.05) is 0 Å². The summed E-state index contributed by atoms with van der Waals surface area (Å²) in [6, 6.07) is 8.67. The number of carbonyl (C=O) groups excluding carboxylic acids is 1.